The average Bonchev–Trinajstić information content (AvgIpc) is 2.88. The Morgan fingerprint density at radius 2 is 2.20 bits per heavy atom. The second-order valence-corrected chi connectivity index (χ2v) is 6.80. The molecule has 1 atom stereocenters. The first-order chi connectivity index (χ1) is 9.67. The third kappa shape index (κ3) is 3.04. The maximum absolute atomic E-state index is 5.30. The van der Waals surface area contributed by atoms with E-state index in [2.05, 4.69) is 34.2 Å². The van der Waals surface area contributed by atoms with E-state index >= 15 is 0 Å². The van der Waals surface area contributed by atoms with E-state index in [9.17, 15) is 0 Å². The van der Waals surface area contributed by atoms with Crippen LogP contribution >= 0.6 is 0 Å². The van der Waals surface area contributed by atoms with Crippen LogP contribution in [-0.2, 0) is 6.54 Å². The van der Waals surface area contributed by atoms with E-state index in [4.69, 9.17) is 4.52 Å². The summed E-state index contributed by atoms with van der Waals surface area (Å²) in [6.07, 6.45) is 5.32. The quantitative estimate of drug-likeness (QED) is 0.918. The molecule has 5 heteroatoms. The first kappa shape index (κ1) is 14.0. The standard InChI is InChI=1S/C15H26N4O/c1-12(2)14-17-13(18-20-14)9-19-8-4-6-15(11-19)5-3-7-16-10-15/h12,16H,3-11H2,1-2H3. The lowest BCUT2D eigenvalue weighted by atomic mass is 9.74. The summed E-state index contributed by atoms with van der Waals surface area (Å²) in [6, 6.07) is 0. The number of nitrogens with one attached hydrogen (secondary N) is 1. The molecule has 3 rings (SSSR count). The van der Waals surface area contributed by atoms with Crippen molar-refractivity contribution in [1.82, 2.24) is 20.4 Å². The van der Waals surface area contributed by atoms with E-state index in [0.29, 0.717) is 11.3 Å². The Morgan fingerprint density at radius 3 is 2.90 bits per heavy atom. The summed E-state index contributed by atoms with van der Waals surface area (Å²) in [6.45, 7) is 9.69. The number of hydrogen-bond acceptors (Lipinski definition) is 5. The fourth-order valence-corrected chi connectivity index (χ4v) is 3.59. The molecule has 0 amide bonds. The van der Waals surface area contributed by atoms with Gasteiger partial charge in [-0.15, -0.1) is 0 Å². The van der Waals surface area contributed by atoms with Crippen LogP contribution in [0.15, 0.2) is 4.52 Å². The summed E-state index contributed by atoms with van der Waals surface area (Å²) < 4.78 is 5.30. The molecule has 0 aliphatic carbocycles. The molecule has 3 heterocycles. The van der Waals surface area contributed by atoms with Crippen LogP contribution in [0.2, 0.25) is 0 Å². The summed E-state index contributed by atoms with van der Waals surface area (Å²) in [5.74, 6) is 1.91. The van der Waals surface area contributed by atoms with Gasteiger partial charge in [-0.1, -0.05) is 19.0 Å². The third-order valence-electron chi connectivity index (χ3n) is 4.64. The van der Waals surface area contributed by atoms with Gasteiger partial charge in [0.1, 0.15) is 0 Å². The molecule has 2 aliphatic heterocycles. The SMILES string of the molecule is CC(C)c1nc(CN2CCCC3(CCCNC3)C2)no1. The Morgan fingerprint density at radius 1 is 1.35 bits per heavy atom. The lowest BCUT2D eigenvalue weighted by Gasteiger charge is -2.45. The maximum Gasteiger partial charge on any atom is 0.229 e. The number of aromatic nitrogens is 2. The highest BCUT2D eigenvalue weighted by atomic mass is 16.5. The first-order valence-corrected chi connectivity index (χ1v) is 7.92. The molecule has 2 saturated heterocycles. The van der Waals surface area contributed by atoms with Crippen molar-refractivity contribution in [2.75, 3.05) is 26.2 Å². The number of hydrogen-bond donors (Lipinski definition) is 1. The predicted octanol–water partition coefficient (Wildman–Crippen LogP) is 2.16. The topological polar surface area (TPSA) is 54.2 Å². The van der Waals surface area contributed by atoms with Crippen LogP contribution in [0.1, 0.15) is 57.2 Å². The van der Waals surface area contributed by atoms with Crippen molar-refractivity contribution in [1.29, 1.82) is 0 Å². The van der Waals surface area contributed by atoms with E-state index in [1.54, 1.807) is 0 Å². The van der Waals surface area contributed by atoms with Crippen molar-refractivity contribution in [3.8, 4) is 0 Å². The monoisotopic (exact) mass is 278 g/mol. The van der Waals surface area contributed by atoms with Gasteiger partial charge in [0.25, 0.3) is 0 Å². The van der Waals surface area contributed by atoms with Gasteiger partial charge in [-0.25, -0.2) is 0 Å². The molecule has 2 fully saturated rings. The smallest absolute Gasteiger partial charge is 0.229 e. The summed E-state index contributed by atoms with van der Waals surface area (Å²) in [4.78, 5) is 7.01. The highest BCUT2D eigenvalue weighted by Crippen LogP contribution is 2.36. The molecular formula is C15H26N4O. The molecule has 2 aliphatic rings. The van der Waals surface area contributed by atoms with E-state index in [-0.39, 0.29) is 0 Å². The minimum atomic E-state index is 0.312. The molecule has 0 aromatic carbocycles. The van der Waals surface area contributed by atoms with Crippen molar-refractivity contribution in [3.05, 3.63) is 11.7 Å². The summed E-state index contributed by atoms with van der Waals surface area (Å²) >= 11 is 0. The number of nitrogens with zero attached hydrogens (tertiary/aromatic N) is 3. The zero-order valence-corrected chi connectivity index (χ0v) is 12.7. The molecule has 1 N–H and O–H groups in total. The van der Waals surface area contributed by atoms with Gasteiger partial charge in [0, 0.05) is 19.0 Å². The Balaban J connectivity index is 1.61. The molecule has 0 bridgehead atoms. The minimum absolute atomic E-state index is 0.312. The highest BCUT2D eigenvalue weighted by Gasteiger charge is 2.36. The third-order valence-corrected chi connectivity index (χ3v) is 4.64. The molecule has 1 unspecified atom stereocenters. The second-order valence-electron chi connectivity index (χ2n) is 6.80. The van der Waals surface area contributed by atoms with Crippen LogP contribution in [0, 0.1) is 5.41 Å². The molecule has 0 saturated carbocycles. The highest BCUT2D eigenvalue weighted by molar-refractivity contribution is 4.95. The Hall–Kier alpha value is -0.940. The van der Waals surface area contributed by atoms with Crippen LogP contribution in [0.5, 0.6) is 0 Å². The van der Waals surface area contributed by atoms with E-state index in [1.807, 2.05) is 0 Å². The largest absolute Gasteiger partial charge is 0.339 e. The molecule has 5 nitrogen and oxygen atoms in total. The molecule has 112 valence electrons. The lowest BCUT2D eigenvalue weighted by Crippen LogP contribution is -2.50. The predicted molar refractivity (Wildman–Crippen MR) is 77.4 cm³/mol. The van der Waals surface area contributed by atoms with E-state index in [0.717, 1.165) is 24.8 Å². The Kier molecular flexibility index (Phi) is 4.08. The van der Waals surface area contributed by atoms with Gasteiger partial charge in [0.2, 0.25) is 5.89 Å². The fourth-order valence-electron chi connectivity index (χ4n) is 3.59. The van der Waals surface area contributed by atoms with Gasteiger partial charge < -0.3 is 9.84 Å². The van der Waals surface area contributed by atoms with E-state index in [1.165, 1.54) is 45.3 Å². The molecule has 1 aromatic rings. The van der Waals surface area contributed by atoms with Crippen LogP contribution in [0.3, 0.4) is 0 Å². The molecule has 1 aromatic heterocycles. The van der Waals surface area contributed by atoms with Crippen molar-refractivity contribution in [3.63, 3.8) is 0 Å². The van der Waals surface area contributed by atoms with Gasteiger partial charge in [-0.05, 0) is 44.2 Å². The van der Waals surface area contributed by atoms with Crippen molar-refractivity contribution in [2.45, 2.75) is 52.0 Å². The van der Waals surface area contributed by atoms with Crippen molar-refractivity contribution >= 4 is 0 Å². The molecule has 20 heavy (non-hydrogen) atoms. The van der Waals surface area contributed by atoms with Crippen LogP contribution < -0.4 is 5.32 Å². The normalized spacial score (nSPS) is 28.4. The van der Waals surface area contributed by atoms with Gasteiger partial charge >= 0.3 is 0 Å². The first-order valence-electron chi connectivity index (χ1n) is 7.92. The summed E-state index contributed by atoms with van der Waals surface area (Å²) in [7, 11) is 0. The summed E-state index contributed by atoms with van der Waals surface area (Å²) in [5, 5.41) is 7.69. The Labute approximate surface area is 121 Å². The molecule has 1 spiro atoms. The van der Waals surface area contributed by atoms with Crippen LogP contribution in [0.4, 0.5) is 0 Å². The Bertz CT molecular complexity index is 431. The van der Waals surface area contributed by atoms with Crippen molar-refractivity contribution < 1.29 is 4.52 Å². The fraction of sp³-hybridized carbons (Fsp3) is 0.867. The van der Waals surface area contributed by atoms with Gasteiger partial charge in [-0.2, -0.15) is 4.98 Å². The zero-order chi connectivity index (χ0) is 14.0. The summed E-state index contributed by atoms with van der Waals surface area (Å²) in [5.41, 5.74) is 0.487. The van der Waals surface area contributed by atoms with Crippen molar-refractivity contribution in [2.24, 2.45) is 5.41 Å². The average molecular weight is 278 g/mol. The van der Waals surface area contributed by atoms with Crippen LogP contribution in [0.25, 0.3) is 0 Å². The van der Waals surface area contributed by atoms with Gasteiger partial charge in [0.15, 0.2) is 5.82 Å². The molecular weight excluding hydrogens is 252 g/mol. The number of piperidine rings is 2. The lowest BCUT2D eigenvalue weighted by molar-refractivity contribution is 0.0581. The molecule has 0 radical (unpaired) electrons. The zero-order valence-electron chi connectivity index (χ0n) is 12.7. The number of rotatable bonds is 3. The van der Waals surface area contributed by atoms with E-state index < -0.39 is 0 Å². The van der Waals surface area contributed by atoms with Gasteiger partial charge in [0.05, 0.1) is 6.54 Å². The van der Waals surface area contributed by atoms with Gasteiger partial charge in [-0.3, -0.25) is 4.90 Å². The maximum atomic E-state index is 5.30. The number of likely N-dealkylation sites (tertiary alicyclic amines) is 1. The second kappa shape index (κ2) is 5.82. The van der Waals surface area contributed by atoms with Crippen LogP contribution in [-0.4, -0.2) is 41.2 Å². The minimum Gasteiger partial charge on any atom is -0.339 e.